The Morgan fingerprint density at radius 2 is 1.48 bits per heavy atom. The first-order valence-electron chi connectivity index (χ1n) is 10.2. The van der Waals surface area contributed by atoms with Crippen molar-refractivity contribution in [1.29, 1.82) is 0 Å². The molecule has 0 N–H and O–H groups in total. The Bertz CT molecular complexity index is 551. The summed E-state index contributed by atoms with van der Waals surface area (Å²) in [5, 5.41) is 1.75. The molecule has 29 heavy (non-hydrogen) atoms. The highest BCUT2D eigenvalue weighted by Gasteiger charge is 2.56. The Morgan fingerprint density at radius 1 is 1.00 bits per heavy atom. The lowest BCUT2D eigenvalue weighted by Crippen LogP contribution is -2.65. The lowest BCUT2D eigenvalue weighted by molar-refractivity contribution is -0.282. The molecule has 0 spiro atoms. The number of hydrogen-bond acceptors (Lipinski definition) is 8. The van der Waals surface area contributed by atoms with Crippen LogP contribution in [-0.4, -0.2) is 46.6 Å². The van der Waals surface area contributed by atoms with Crippen LogP contribution in [0.4, 0.5) is 4.79 Å². The minimum absolute atomic E-state index is 0.401. The highest BCUT2D eigenvalue weighted by atomic mass is 35.5. The second kappa shape index (κ2) is 11.0. The summed E-state index contributed by atoms with van der Waals surface area (Å²) >= 11 is 5.76. The Hall–Kier alpha value is -1.54. The van der Waals surface area contributed by atoms with E-state index in [2.05, 4.69) is 0 Å². The maximum absolute atomic E-state index is 12.7. The molecule has 0 saturated carbocycles. The van der Waals surface area contributed by atoms with E-state index in [4.69, 9.17) is 30.6 Å². The minimum Gasteiger partial charge on any atom is -0.428 e. The van der Waals surface area contributed by atoms with Crippen molar-refractivity contribution in [2.24, 2.45) is 5.92 Å². The summed E-state index contributed by atoms with van der Waals surface area (Å²) in [4.78, 5) is 41.6. The number of piperidine rings is 1. The Morgan fingerprint density at radius 3 is 1.86 bits per heavy atom. The largest absolute Gasteiger partial charge is 0.529 e. The SMILES string of the molecule is CCC1(CC)CC(C(=O)OCOC(C)=O)CC(CC)(CC)N1OC(=O)OC(C)Cl. The molecule has 1 fully saturated rings. The minimum atomic E-state index is -0.860. The quantitative estimate of drug-likeness (QED) is 0.296. The number of rotatable bonds is 9. The van der Waals surface area contributed by atoms with Crippen LogP contribution in [0, 0.1) is 5.92 Å². The van der Waals surface area contributed by atoms with Gasteiger partial charge in [-0.25, -0.2) is 4.79 Å². The van der Waals surface area contributed by atoms with E-state index in [9.17, 15) is 14.4 Å². The van der Waals surface area contributed by atoms with Crippen molar-refractivity contribution >= 4 is 29.7 Å². The van der Waals surface area contributed by atoms with Crippen LogP contribution in [0.15, 0.2) is 0 Å². The van der Waals surface area contributed by atoms with Crippen LogP contribution in [0.1, 0.15) is 80.1 Å². The van der Waals surface area contributed by atoms with Crippen LogP contribution in [0.2, 0.25) is 0 Å². The van der Waals surface area contributed by atoms with Gasteiger partial charge in [0, 0.05) is 6.92 Å². The van der Waals surface area contributed by atoms with Crippen molar-refractivity contribution in [2.75, 3.05) is 6.79 Å². The molecule has 1 saturated heterocycles. The number of carbonyl (C=O) groups excluding carboxylic acids is 3. The van der Waals surface area contributed by atoms with E-state index in [-0.39, 0.29) is 0 Å². The molecule has 9 heteroatoms. The monoisotopic (exact) mass is 435 g/mol. The highest BCUT2D eigenvalue weighted by molar-refractivity contribution is 6.19. The van der Waals surface area contributed by atoms with Gasteiger partial charge in [-0.1, -0.05) is 39.3 Å². The molecule has 0 aromatic heterocycles. The van der Waals surface area contributed by atoms with Gasteiger partial charge in [-0.15, -0.1) is 5.06 Å². The molecule has 1 atom stereocenters. The van der Waals surface area contributed by atoms with Gasteiger partial charge < -0.3 is 19.0 Å². The summed E-state index contributed by atoms with van der Waals surface area (Å²) in [6.07, 6.45) is 2.66. The van der Waals surface area contributed by atoms with Gasteiger partial charge in [-0.05, 0) is 45.4 Å². The zero-order chi connectivity index (χ0) is 22.2. The van der Waals surface area contributed by atoms with Crippen molar-refractivity contribution in [3.8, 4) is 0 Å². The molecule has 0 radical (unpaired) electrons. The number of halogens is 1. The standard InChI is InChI=1S/C20H34ClNO7/c1-7-19(8-2)11-16(17(24)27-13-26-15(6)23)12-20(9-3,10-4)22(19)29-18(25)28-14(5)21/h14,16H,7-13H2,1-6H3. The third kappa shape index (κ3) is 6.22. The molecule has 1 aliphatic rings. The van der Waals surface area contributed by atoms with Crippen molar-refractivity contribution in [3.05, 3.63) is 0 Å². The van der Waals surface area contributed by atoms with Crippen LogP contribution >= 0.6 is 11.6 Å². The molecule has 1 aliphatic heterocycles. The molecule has 0 aromatic rings. The number of esters is 2. The highest BCUT2D eigenvalue weighted by Crippen LogP contribution is 2.49. The average molecular weight is 436 g/mol. The lowest BCUT2D eigenvalue weighted by Gasteiger charge is -2.56. The fourth-order valence-corrected chi connectivity index (χ4v) is 4.26. The summed E-state index contributed by atoms with van der Waals surface area (Å²) in [5.74, 6) is -1.34. The molecule has 0 aliphatic carbocycles. The second-order valence-electron chi connectivity index (χ2n) is 7.48. The zero-order valence-electron chi connectivity index (χ0n) is 18.3. The first-order chi connectivity index (χ1) is 13.6. The Labute approximate surface area is 178 Å². The van der Waals surface area contributed by atoms with Gasteiger partial charge >= 0.3 is 18.1 Å². The van der Waals surface area contributed by atoms with E-state index in [0.717, 1.165) is 0 Å². The van der Waals surface area contributed by atoms with E-state index in [1.807, 2.05) is 27.7 Å². The van der Waals surface area contributed by atoms with E-state index < -0.39 is 47.4 Å². The summed E-state index contributed by atoms with van der Waals surface area (Å²) in [6.45, 7) is 10.4. The van der Waals surface area contributed by atoms with Gasteiger partial charge in [-0.2, -0.15) is 0 Å². The maximum atomic E-state index is 12.7. The Kier molecular flexibility index (Phi) is 9.68. The molecule has 0 amide bonds. The number of ether oxygens (including phenoxy) is 3. The number of alkyl halides is 1. The number of carbonyl (C=O) groups is 3. The van der Waals surface area contributed by atoms with E-state index in [1.54, 1.807) is 5.06 Å². The zero-order valence-corrected chi connectivity index (χ0v) is 19.0. The van der Waals surface area contributed by atoms with Gasteiger partial charge in [0.25, 0.3) is 0 Å². The van der Waals surface area contributed by atoms with Gasteiger partial charge in [0.2, 0.25) is 6.79 Å². The third-order valence-corrected chi connectivity index (χ3v) is 6.06. The normalized spacial score (nSPS) is 19.8. The summed E-state index contributed by atoms with van der Waals surface area (Å²) in [6, 6.07) is 0. The maximum Gasteiger partial charge on any atom is 0.529 e. The predicted molar refractivity (Wildman–Crippen MR) is 107 cm³/mol. The van der Waals surface area contributed by atoms with Crippen molar-refractivity contribution < 1.29 is 33.4 Å². The van der Waals surface area contributed by atoms with E-state index in [1.165, 1.54) is 13.8 Å². The van der Waals surface area contributed by atoms with Gasteiger partial charge in [-0.3, -0.25) is 9.59 Å². The molecular weight excluding hydrogens is 402 g/mol. The summed E-state index contributed by atoms with van der Waals surface area (Å²) in [5.41, 5.74) is -1.94. The van der Waals surface area contributed by atoms with E-state index >= 15 is 0 Å². The van der Waals surface area contributed by atoms with Crippen molar-refractivity contribution in [2.45, 2.75) is 96.7 Å². The average Bonchev–Trinajstić information content (AvgIpc) is 2.67. The molecule has 8 nitrogen and oxygen atoms in total. The van der Waals surface area contributed by atoms with E-state index in [0.29, 0.717) is 38.5 Å². The number of hydroxylamine groups is 2. The van der Waals surface area contributed by atoms with Crippen LogP contribution in [-0.2, 0) is 28.6 Å². The number of hydrogen-bond donors (Lipinski definition) is 0. The lowest BCUT2D eigenvalue weighted by atomic mass is 9.68. The van der Waals surface area contributed by atoms with Crippen LogP contribution < -0.4 is 0 Å². The molecule has 168 valence electrons. The molecule has 0 aromatic carbocycles. The molecular formula is C20H34ClNO7. The molecule has 1 heterocycles. The topological polar surface area (TPSA) is 91.4 Å². The third-order valence-electron chi connectivity index (χ3n) is 5.97. The first kappa shape index (κ1) is 25.5. The van der Waals surface area contributed by atoms with Gasteiger partial charge in [0.1, 0.15) is 0 Å². The predicted octanol–water partition coefficient (Wildman–Crippen LogP) is 4.53. The smallest absolute Gasteiger partial charge is 0.428 e. The van der Waals surface area contributed by atoms with Crippen molar-refractivity contribution in [1.82, 2.24) is 5.06 Å². The second-order valence-corrected chi connectivity index (χ2v) is 8.10. The van der Waals surface area contributed by atoms with Gasteiger partial charge in [0.15, 0.2) is 5.56 Å². The fourth-order valence-electron chi connectivity index (χ4n) is 4.19. The summed E-state index contributed by atoms with van der Waals surface area (Å²) in [7, 11) is 0. The van der Waals surface area contributed by atoms with Gasteiger partial charge in [0.05, 0.1) is 17.0 Å². The Balaban J connectivity index is 3.18. The molecule has 1 unspecified atom stereocenters. The van der Waals surface area contributed by atoms with Crippen LogP contribution in [0.5, 0.6) is 0 Å². The first-order valence-corrected chi connectivity index (χ1v) is 10.7. The fraction of sp³-hybridized carbons (Fsp3) is 0.850. The summed E-state index contributed by atoms with van der Waals surface area (Å²) < 4.78 is 14.9. The van der Waals surface area contributed by atoms with Crippen LogP contribution in [0.25, 0.3) is 0 Å². The molecule has 1 rings (SSSR count). The van der Waals surface area contributed by atoms with Crippen LogP contribution in [0.3, 0.4) is 0 Å². The number of nitrogens with zero attached hydrogens (tertiary/aromatic N) is 1. The van der Waals surface area contributed by atoms with Crippen molar-refractivity contribution in [3.63, 3.8) is 0 Å². The molecule has 0 bridgehead atoms.